The number of rotatable bonds is 4. The van der Waals surface area contributed by atoms with Crippen LogP contribution in [-0.4, -0.2) is 24.2 Å². The molecule has 0 saturated heterocycles. The van der Waals surface area contributed by atoms with E-state index in [0.29, 0.717) is 33.3 Å². The summed E-state index contributed by atoms with van der Waals surface area (Å²) in [6, 6.07) is 3.57. The number of benzene rings is 1. The molecule has 0 saturated carbocycles. The van der Waals surface area contributed by atoms with Gasteiger partial charge in [0.15, 0.2) is 16.3 Å². The Bertz CT molecular complexity index is 783. The third-order valence-corrected chi connectivity index (χ3v) is 3.81. The molecule has 0 unspecified atom stereocenters. The summed E-state index contributed by atoms with van der Waals surface area (Å²) in [5.41, 5.74) is 1.85. The van der Waals surface area contributed by atoms with Gasteiger partial charge in [-0.2, -0.15) is 0 Å². The van der Waals surface area contributed by atoms with Gasteiger partial charge >= 0.3 is 0 Å². The molecule has 0 fully saturated rings. The van der Waals surface area contributed by atoms with E-state index in [0.717, 1.165) is 11.3 Å². The number of halogens is 1. The Hall–Kier alpha value is -1.79. The number of nitrogens with one attached hydrogen (secondary N) is 2. The fourth-order valence-corrected chi connectivity index (χ4v) is 2.64. The predicted octanol–water partition coefficient (Wildman–Crippen LogP) is 3.00. The van der Waals surface area contributed by atoms with Crippen molar-refractivity contribution in [3.8, 4) is 11.5 Å². The van der Waals surface area contributed by atoms with Crippen LogP contribution < -0.4 is 15.0 Å². The molecule has 5 nitrogen and oxygen atoms in total. The number of aryl methyl sites for hydroxylation is 1. The summed E-state index contributed by atoms with van der Waals surface area (Å²) >= 11 is 11.3. The maximum atomic E-state index is 12.0. The summed E-state index contributed by atoms with van der Waals surface area (Å²) in [7, 11) is 3.06. The minimum Gasteiger partial charge on any atom is -0.493 e. The van der Waals surface area contributed by atoms with Crippen LogP contribution in [0.5, 0.6) is 11.5 Å². The third-order valence-electron chi connectivity index (χ3n) is 3.19. The topological polar surface area (TPSA) is 67.1 Å². The van der Waals surface area contributed by atoms with Crippen LogP contribution in [0.25, 0.3) is 0 Å². The molecule has 1 heterocycles. The zero-order chi connectivity index (χ0) is 15.6. The second-order valence-electron chi connectivity index (χ2n) is 4.46. The molecule has 0 aliphatic rings. The van der Waals surface area contributed by atoms with Gasteiger partial charge in [-0.25, -0.2) is 0 Å². The van der Waals surface area contributed by atoms with Crippen LogP contribution in [0.4, 0.5) is 0 Å². The molecule has 0 aliphatic carbocycles. The van der Waals surface area contributed by atoms with Crippen molar-refractivity contribution in [3.63, 3.8) is 0 Å². The third kappa shape index (κ3) is 3.11. The van der Waals surface area contributed by atoms with Gasteiger partial charge < -0.3 is 14.5 Å². The Morgan fingerprint density at radius 3 is 2.52 bits per heavy atom. The van der Waals surface area contributed by atoms with Gasteiger partial charge in [-0.05, 0) is 30.8 Å². The quantitative estimate of drug-likeness (QED) is 0.848. The summed E-state index contributed by atoms with van der Waals surface area (Å²) in [6.07, 6.45) is 0.368. The Balaban J connectivity index is 2.51. The van der Waals surface area contributed by atoms with Crippen LogP contribution in [0.3, 0.4) is 0 Å². The Labute approximate surface area is 131 Å². The van der Waals surface area contributed by atoms with Crippen molar-refractivity contribution in [1.29, 1.82) is 0 Å². The van der Waals surface area contributed by atoms with Crippen molar-refractivity contribution in [1.82, 2.24) is 9.97 Å². The summed E-state index contributed by atoms with van der Waals surface area (Å²) in [6.45, 7) is 1.80. The van der Waals surface area contributed by atoms with E-state index in [4.69, 9.17) is 33.3 Å². The van der Waals surface area contributed by atoms with E-state index >= 15 is 0 Å². The lowest BCUT2D eigenvalue weighted by Gasteiger charge is -2.13. The number of methoxy groups -OCH3 is 2. The standard InChI is InChI=1S/C14H15ClN2O3S/c1-7-9(13(18)17-14(21)16-7)6-8-4-5-10(19-2)12(20-3)11(8)15/h4-5H,6H2,1-3H3,(H2,16,17,18,21). The van der Waals surface area contributed by atoms with Gasteiger partial charge in [0.05, 0.1) is 19.2 Å². The van der Waals surface area contributed by atoms with Gasteiger partial charge in [-0.15, -0.1) is 0 Å². The lowest BCUT2D eigenvalue weighted by Crippen LogP contribution is -2.17. The van der Waals surface area contributed by atoms with Crippen LogP contribution in [0.1, 0.15) is 16.8 Å². The second kappa shape index (κ2) is 6.32. The number of H-pyrrole nitrogens is 2. The molecule has 7 heteroatoms. The molecule has 2 N–H and O–H groups in total. The van der Waals surface area contributed by atoms with E-state index in [1.807, 2.05) is 6.07 Å². The molecule has 0 amide bonds. The zero-order valence-corrected chi connectivity index (χ0v) is 13.4. The van der Waals surface area contributed by atoms with Crippen LogP contribution in [-0.2, 0) is 6.42 Å². The summed E-state index contributed by atoms with van der Waals surface area (Å²) in [5.74, 6) is 0.999. The van der Waals surface area contributed by atoms with Crippen molar-refractivity contribution in [2.45, 2.75) is 13.3 Å². The van der Waals surface area contributed by atoms with E-state index in [2.05, 4.69) is 9.97 Å². The van der Waals surface area contributed by atoms with Gasteiger partial charge in [0.2, 0.25) is 0 Å². The zero-order valence-electron chi connectivity index (χ0n) is 11.9. The lowest BCUT2D eigenvalue weighted by atomic mass is 10.0. The van der Waals surface area contributed by atoms with Crippen LogP contribution >= 0.6 is 23.8 Å². The molecule has 2 rings (SSSR count). The molecule has 0 aliphatic heterocycles. The van der Waals surface area contributed by atoms with Gasteiger partial charge in [0.1, 0.15) is 0 Å². The van der Waals surface area contributed by atoms with Gasteiger partial charge in [0, 0.05) is 17.7 Å². The highest BCUT2D eigenvalue weighted by Gasteiger charge is 2.15. The predicted molar refractivity (Wildman–Crippen MR) is 84.3 cm³/mol. The normalized spacial score (nSPS) is 10.5. The molecule has 21 heavy (non-hydrogen) atoms. The van der Waals surface area contributed by atoms with E-state index < -0.39 is 0 Å². The molecular formula is C14H15ClN2O3S. The number of aromatic amines is 2. The van der Waals surface area contributed by atoms with E-state index in [1.165, 1.54) is 7.11 Å². The van der Waals surface area contributed by atoms with Crippen LogP contribution in [0, 0.1) is 11.7 Å². The monoisotopic (exact) mass is 326 g/mol. The fourth-order valence-electron chi connectivity index (χ4n) is 2.10. The molecular weight excluding hydrogens is 312 g/mol. The fraction of sp³-hybridized carbons (Fsp3) is 0.286. The van der Waals surface area contributed by atoms with Crippen molar-refractivity contribution in [2.75, 3.05) is 14.2 Å². The highest BCUT2D eigenvalue weighted by molar-refractivity contribution is 7.71. The number of hydrogen-bond acceptors (Lipinski definition) is 4. The Morgan fingerprint density at radius 2 is 1.95 bits per heavy atom. The number of ether oxygens (including phenoxy) is 2. The number of hydrogen-bond donors (Lipinski definition) is 2. The minimum atomic E-state index is -0.220. The first-order valence-corrected chi connectivity index (χ1v) is 6.98. The van der Waals surface area contributed by atoms with Crippen molar-refractivity contribution >= 4 is 23.8 Å². The van der Waals surface area contributed by atoms with Crippen molar-refractivity contribution in [3.05, 3.63) is 49.1 Å². The summed E-state index contributed by atoms with van der Waals surface area (Å²) in [5, 5.41) is 0.429. The average molecular weight is 327 g/mol. The van der Waals surface area contributed by atoms with Crippen molar-refractivity contribution in [2.24, 2.45) is 0 Å². The molecule has 1 aromatic carbocycles. The SMILES string of the molecule is COc1ccc(Cc2c(C)[nH]c(=S)[nH]c2=O)c(Cl)c1OC. The highest BCUT2D eigenvalue weighted by atomic mass is 35.5. The maximum absolute atomic E-state index is 12.0. The molecule has 0 atom stereocenters. The smallest absolute Gasteiger partial charge is 0.255 e. The molecule has 0 bridgehead atoms. The average Bonchev–Trinajstić information content (AvgIpc) is 2.43. The van der Waals surface area contributed by atoms with E-state index in [9.17, 15) is 4.79 Å². The first-order valence-electron chi connectivity index (χ1n) is 6.19. The number of aromatic nitrogens is 2. The molecule has 1 aromatic heterocycles. The Kier molecular flexibility index (Phi) is 4.69. The van der Waals surface area contributed by atoms with Gasteiger partial charge in [-0.3, -0.25) is 9.78 Å². The lowest BCUT2D eigenvalue weighted by molar-refractivity contribution is 0.355. The van der Waals surface area contributed by atoms with Gasteiger partial charge in [-0.1, -0.05) is 17.7 Å². The van der Waals surface area contributed by atoms with Gasteiger partial charge in [0.25, 0.3) is 5.56 Å². The molecule has 0 radical (unpaired) electrons. The minimum absolute atomic E-state index is 0.220. The summed E-state index contributed by atoms with van der Waals surface area (Å²) in [4.78, 5) is 17.5. The highest BCUT2D eigenvalue weighted by Crippen LogP contribution is 2.37. The molecule has 0 spiro atoms. The largest absolute Gasteiger partial charge is 0.493 e. The van der Waals surface area contributed by atoms with Crippen LogP contribution in [0.15, 0.2) is 16.9 Å². The van der Waals surface area contributed by atoms with E-state index in [1.54, 1.807) is 20.1 Å². The molecule has 2 aromatic rings. The maximum Gasteiger partial charge on any atom is 0.255 e. The summed E-state index contributed by atoms with van der Waals surface area (Å²) < 4.78 is 10.8. The second-order valence-corrected chi connectivity index (χ2v) is 5.25. The van der Waals surface area contributed by atoms with Crippen molar-refractivity contribution < 1.29 is 9.47 Å². The molecule has 112 valence electrons. The Morgan fingerprint density at radius 1 is 1.24 bits per heavy atom. The first-order chi connectivity index (χ1) is 9.97. The van der Waals surface area contributed by atoms with E-state index in [-0.39, 0.29) is 5.56 Å². The first kappa shape index (κ1) is 15.6. The van der Waals surface area contributed by atoms with Crippen LogP contribution in [0.2, 0.25) is 5.02 Å².